The number of nitrogens with zero attached hydrogens (tertiary/aromatic N) is 1. The SMILES string of the molecule is N=C(N)CCCCOc1cc(Br)cc([N+](=O)[O-])c1. The van der Waals surface area contributed by atoms with Gasteiger partial charge in [-0.15, -0.1) is 0 Å². The zero-order valence-electron chi connectivity index (χ0n) is 9.69. The van der Waals surface area contributed by atoms with Gasteiger partial charge < -0.3 is 10.5 Å². The summed E-state index contributed by atoms with van der Waals surface area (Å²) in [7, 11) is 0. The summed E-state index contributed by atoms with van der Waals surface area (Å²) < 4.78 is 6.02. The molecule has 18 heavy (non-hydrogen) atoms. The number of benzene rings is 1. The van der Waals surface area contributed by atoms with E-state index in [4.69, 9.17) is 15.9 Å². The van der Waals surface area contributed by atoms with E-state index in [9.17, 15) is 10.1 Å². The first kappa shape index (κ1) is 14.4. The Balaban J connectivity index is 2.47. The lowest BCUT2D eigenvalue weighted by Gasteiger charge is -2.06. The average molecular weight is 316 g/mol. The van der Waals surface area contributed by atoms with Crippen LogP contribution in [0.5, 0.6) is 5.75 Å². The standard InChI is InChI=1S/C11H14BrN3O3/c12-8-5-9(15(16)17)7-10(6-8)18-4-2-1-3-11(13)14/h5-7H,1-4H2,(H3,13,14). The average Bonchev–Trinajstić information content (AvgIpc) is 2.27. The van der Waals surface area contributed by atoms with Crippen LogP contribution >= 0.6 is 15.9 Å². The van der Waals surface area contributed by atoms with Crippen LogP contribution in [0.4, 0.5) is 5.69 Å². The minimum Gasteiger partial charge on any atom is -0.493 e. The van der Waals surface area contributed by atoms with Crippen molar-refractivity contribution in [2.24, 2.45) is 5.73 Å². The first-order chi connectivity index (χ1) is 8.49. The summed E-state index contributed by atoms with van der Waals surface area (Å²) in [5, 5.41) is 17.7. The van der Waals surface area contributed by atoms with Gasteiger partial charge in [0.2, 0.25) is 0 Å². The Morgan fingerprint density at radius 3 is 2.78 bits per heavy atom. The van der Waals surface area contributed by atoms with Crippen molar-refractivity contribution in [2.75, 3.05) is 6.61 Å². The van der Waals surface area contributed by atoms with Crippen LogP contribution in [0, 0.1) is 15.5 Å². The van der Waals surface area contributed by atoms with Gasteiger partial charge in [0, 0.05) is 17.0 Å². The number of nitro groups is 1. The van der Waals surface area contributed by atoms with Gasteiger partial charge in [0.05, 0.1) is 23.4 Å². The molecule has 0 saturated carbocycles. The molecule has 0 unspecified atom stereocenters. The topological polar surface area (TPSA) is 102 Å². The predicted molar refractivity (Wildman–Crippen MR) is 72.1 cm³/mol. The number of non-ortho nitro benzene ring substituents is 1. The van der Waals surface area contributed by atoms with E-state index >= 15 is 0 Å². The Labute approximate surface area is 113 Å². The molecule has 0 bridgehead atoms. The second-order valence-electron chi connectivity index (χ2n) is 3.73. The summed E-state index contributed by atoms with van der Waals surface area (Å²) in [6.45, 7) is 0.445. The van der Waals surface area contributed by atoms with Gasteiger partial charge in [-0.05, 0) is 18.9 Å². The molecule has 0 spiro atoms. The lowest BCUT2D eigenvalue weighted by atomic mass is 10.2. The van der Waals surface area contributed by atoms with E-state index in [0.717, 1.165) is 12.8 Å². The van der Waals surface area contributed by atoms with E-state index in [1.807, 2.05) is 0 Å². The third-order valence-corrected chi connectivity index (χ3v) is 2.63. The molecule has 0 atom stereocenters. The van der Waals surface area contributed by atoms with Crippen molar-refractivity contribution in [2.45, 2.75) is 19.3 Å². The fourth-order valence-electron chi connectivity index (χ4n) is 1.34. The Kier molecular flexibility index (Phi) is 5.57. The largest absolute Gasteiger partial charge is 0.493 e. The first-order valence-corrected chi connectivity index (χ1v) is 6.19. The molecule has 0 heterocycles. The highest BCUT2D eigenvalue weighted by molar-refractivity contribution is 9.10. The molecule has 0 aliphatic carbocycles. The van der Waals surface area contributed by atoms with Gasteiger partial charge in [0.1, 0.15) is 5.75 Å². The monoisotopic (exact) mass is 315 g/mol. The van der Waals surface area contributed by atoms with Gasteiger partial charge in [-0.3, -0.25) is 15.5 Å². The minimum atomic E-state index is -0.465. The molecule has 0 amide bonds. The molecule has 1 aromatic rings. The van der Waals surface area contributed by atoms with Crippen molar-refractivity contribution in [3.8, 4) is 5.75 Å². The zero-order valence-corrected chi connectivity index (χ0v) is 11.3. The van der Waals surface area contributed by atoms with Crippen LogP contribution in [-0.2, 0) is 0 Å². The molecule has 0 fully saturated rings. The number of rotatable bonds is 7. The summed E-state index contributed by atoms with van der Waals surface area (Å²) in [6, 6.07) is 4.48. The molecule has 0 aromatic heterocycles. The van der Waals surface area contributed by atoms with Crippen LogP contribution in [0.2, 0.25) is 0 Å². The molecular weight excluding hydrogens is 302 g/mol. The second kappa shape index (κ2) is 6.95. The number of nitrogens with one attached hydrogen (secondary N) is 1. The Morgan fingerprint density at radius 2 is 2.17 bits per heavy atom. The fourth-order valence-corrected chi connectivity index (χ4v) is 1.80. The fraction of sp³-hybridized carbons (Fsp3) is 0.364. The minimum absolute atomic E-state index is 0.0110. The maximum atomic E-state index is 10.6. The third kappa shape index (κ3) is 5.13. The smallest absolute Gasteiger partial charge is 0.274 e. The number of nitro benzene ring substituents is 1. The van der Waals surface area contributed by atoms with Crippen LogP contribution in [0.3, 0.4) is 0 Å². The lowest BCUT2D eigenvalue weighted by Crippen LogP contribution is -2.09. The Bertz CT molecular complexity index is 451. The molecular formula is C11H14BrN3O3. The molecule has 6 nitrogen and oxygen atoms in total. The van der Waals surface area contributed by atoms with Crippen molar-refractivity contribution >= 4 is 27.5 Å². The van der Waals surface area contributed by atoms with Crippen molar-refractivity contribution in [1.82, 2.24) is 0 Å². The molecule has 0 radical (unpaired) electrons. The van der Waals surface area contributed by atoms with Crippen LogP contribution in [0.25, 0.3) is 0 Å². The van der Waals surface area contributed by atoms with Gasteiger partial charge in [-0.25, -0.2) is 0 Å². The summed E-state index contributed by atoms with van der Waals surface area (Å²) in [5.41, 5.74) is 5.21. The molecule has 3 N–H and O–H groups in total. The van der Waals surface area contributed by atoms with E-state index in [0.29, 0.717) is 23.2 Å². The van der Waals surface area contributed by atoms with Crippen LogP contribution < -0.4 is 10.5 Å². The molecule has 1 aromatic carbocycles. The van der Waals surface area contributed by atoms with Crippen molar-refractivity contribution in [1.29, 1.82) is 5.41 Å². The van der Waals surface area contributed by atoms with Crippen LogP contribution in [0.1, 0.15) is 19.3 Å². The summed E-state index contributed by atoms with van der Waals surface area (Å²) in [6.07, 6.45) is 2.06. The quantitative estimate of drug-likeness (QED) is 0.265. The van der Waals surface area contributed by atoms with E-state index in [2.05, 4.69) is 15.9 Å². The van der Waals surface area contributed by atoms with Crippen molar-refractivity contribution in [3.05, 3.63) is 32.8 Å². The number of halogens is 1. The predicted octanol–water partition coefficient (Wildman–Crippen LogP) is 2.84. The highest BCUT2D eigenvalue weighted by atomic mass is 79.9. The normalized spacial score (nSPS) is 10.1. The van der Waals surface area contributed by atoms with E-state index < -0.39 is 4.92 Å². The van der Waals surface area contributed by atoms with E-state index in [-0.39, 0.29) is 11.5 Å². The van der Waals surface area contributed by atoms with Crippen molar-refractivity contribution < 1.29 is 9.66 Å². The molecule has 98 valence electrons. The highest BCUT2D eigenvalue weighted by Crippen LogP contribution is 2.26. The van der Waals surface area contributed by atoms with Gasteiger partial charge in [-0.2, -0.15) is 0 Å². The Hall–Kier alpha value is -1.63. The summed E-state index contributed by atoms with van der Waals surface area (Å²) in [5.74, 6) is 0.618. The van der Waals surface area contributed by atoms with Crippen LogP contribution in [-0.4, -0.2) is 17.4 Å². The third-order valence-electron chi connectivity index (χ3n) is 2.18. The van der Waals surface area contributed by atoms with E-state index in [1.54, 1.807) is 6.07 Å². The molecule has 0 saturated heterocycles. The first-order valence-electron chi connectivity index (χ1n) is 5.39. The molecule has 0 aliphatic heterocycles. The van der Waals surface area contributed by atoms with Crippen LogP contribution in [0.15, 0.2) is 22.7 Å². The number of hydrogen-bond acceptors (Lipinski definition) is 4. The number of ether oxygens (including phenoxy) is 1. The summed E-state index contributed by atoms with van der Waals surface area (Å²) in [4.78, 5) is 10.2. The lowest BCUT2D eigenvalue weighted by molar-refractivity contribution is -0.385. The summed E-state index contributed by atoms with van der Waals surface area (Å²) >= 11 is 3.19. The van der Waals surface area contributed by atoms with Gasteiger partial charge in [0.25, 0.3) is 5.69 Å². The molecule has 1 rings (SSSR count). The van der Waals surface area contributed by atoms with Gasteiger partial charge >= 0.3 is 0 Å². The number of unbranched alkanes of at least 4 members (excludes halogenated alkanes) is 1. The maximum Gasteiger partial charge on any atom is 0.274 e. The second-order valence-corrected chi connectivity index (χ2v) is 4.65. The molecule has 7 heteroatoms. The highest BCUT2D eigenvalue weighted by Gasteiger charge is 2.09. The number of amidine groups is 1. The van der Waals surface area contributed by atoms with Gasteiger partial charge in [-0.1, -0.05) is 15.9 Å². The number of nitrogens with two attached hydrogens (primary N) is 1. The van der Waals surface area contributed by atoms with Gasteiger partial charge in [0.15, 0.2) is 0 Å². The van der Waals surface area contributed by atoms with Crippen molar-refractivity contribution in [3.63, 3.8) is 0 Å². The van der Waals surface area contributed by atoms with E-state index in [1.165, 1.54) is 12.1 Å². The molecule has 0 aliphatic rings. The number of hydrogen-bond donors (Lipinski definition) is 2. The maximum absolute atomic E-state index is 10.6. The Morgan fingerprint density at radius 1 is 1.44 bits per heavy atom. The zero-order chi connectivity index (χ0) is 13.5.